The van der Waals surface area contributed by atoms with Gasteiger partial charge in [-0.3, -0.25) is 4.90 Å². The van der Waals surface area contributed by atoms with Crippen LogP contribution in [0.5, 0.6) is 0 Å². The maximum absolute atomic E-state index is 6.04. The van der Waals surface area contributed by atoms with Crippen LogP contribution in [0.15, 0.2) is 0 Å². The minimum absolute atomic E-state index is 0.464. The van der Waals surface area contributed by atoms with Crippen molar-refractivity contribution in [2.45, 2.75) is 58.4 Å². The molecule has 1 saturated carbocycles. The van der Waals surface area contributed by atoms with E-state index in [4.69, 9.17) is 5.73 Å². The van der Waals surface area contributed by atoms with Crippen LogP contribution in [0.4, 0.5) is 0 Å². The highest BCUT2D eigenvalue weighted by atomic mass is 15.2. The monoisotopic (exact) mass is 224 g/mol. The van der Waals surface area contributed by atoms with Crippen molar-refractivity contribution in [1.82, 2.24) is 4.90 Å². The molecule has 0 spiro atoms. The second-order valence-electron chi connectivity index (χ2n) is 6.37. The van der Waals surface area contributed by atoms with Crippen molar-refractivity contribution in [2.75, 3.05) is 19.6 Å². The largest absolute Gasteiger partial charge is 0.330 e. The molecule has 0 amide bonds. The molecule has 0 bridgehead atoms. The first-order chi connectivity index (χ1) is 7.65. The van der Waals surface area contributed by atoms with Crippen LogP contribution in [0.2, 0.25) is 0 Å². The van der Waals surface area contributed by atoms with Crippen LogP contribution >= 0.6 is 0 Å². The van der Waals surface area contributed by atoms with E-state index in [2.05, 4.69) is 18.7 Å². The third-order valence-electron chi connectivity index (χ3n) is 4.88. The summed E-state index contributed by atoms with van der Waals surface area (Å²) in [5, 5.41) is 0. The molecule has 0 aromatic heterocycles. The number of likely N-dealkylation sites (tertiary alicyclic amines) is 1. The minimum Gasteiger partial charge on any atom is -0.330 e. The Hall–Kier alpha value is -0.0800. The number of rotatable bonds is 3. The standard InChI is InChI=1S/C14H28N2/c1-12-5-6-13(2)16(9-12)11-14(10-15)7-3-4-8-14/h12-13H,3-11,15H2,1-2H3. The fourth-order valence-electron chi connectivity index (χ4n) is 3.58. The highest BCUT2D eigenvalue weighted by Crippen LogP contribution is 2.39. The molecule has 1 saturated heterocycles. The summed E-state index contributed by atoms with van der Waals surface area (Å²) in [6, 6.07) is 0.778. The van der Waals surface area contributed by atoms with Gasteiger partial charge in [-0.2, -0.15) is 0 Å². The lowest BCUT2D eigenvalue weighted by molar-refractivity contribution is 0.0714. The third-order valence-corrected chi connectivity index (χ3v) is 4.88. The van der Waals surface area contributed by atoms with Gasteiger partial charge in [0.25, 0.3) is 0 Å². The average molecular weight is 224 g/mol. The molecule has 1 heterocycles. The third kappa shape index (κ3) is 2.60. The Balaban J connectivity index is 1.96. The van der Waals surface area contributed by atoms with Gasteiger partial charge in [-0.05, 0) is 50.5 Å². The Kier molecular flexibility index (Phi) is 3.91. The first-order valence-corrected chi connectivity index (χ1v) is 7.09. The number of hydrogen-bond donors (Lipinski definition) is 1. The van der Waals surface area contributed by atoms with Crippen molar-refractivity contribution in [3.63, 3.8) is 0 Å². The van der Waals surface area contributed by atoms with Crippen LogP contribution in [0.3, 0.4) is 0 Å². The van der Waals surface area contributed by atoms with E-state index >= 15 is 0 Å². The van der Waals surface area contributed by atoms with Crippen molar-refractivity contribution >= 4 is 0 Å². The van der Waals surface area contributed by atoms with Gasteiger partial charge in [0.2, 0.25) is 0 Å². The summed E-state index contributed by atoms with van der Waals surface area (Å²) in [6.07, 6.45) is 8.31. The lowest BCUT2D eigenvalue weighted by Gasteiger charge is -2.42. The van der Waals surface area contributed by atoms with Crippen molar-refractivity contribution < 1.29 is 0 Å². The topological polar surface area (TPSA) is 29.3 Å². The summed E-state index contributed by atoms with van der Waals surface area (Å²) in [5.41, 5.74) is 6.50. The molecule has 2 N–H and O–H groups in total. The molecule has 2 fully saturated rings. The summed E-state index contributed by atoms with van der Waals surface area (Å²) < 4.78 is 0. The van der Waals surface area contributed by atoms with Gasteiger partial charge in [-0.15, -0.1) is 0 Å². The quantitative estimate of drug-likeness (QED) is 0.798. The molecule has 94 valence electrons. The van der Waals surface area contributed by atoms with Crippen molar-refractivity contribution in [1.29, 1.82) is 0 Å². The van der Waals surface area contributed by atoms with Gasteiger partial charge in [0.1, 0.15) is 0 Å². The van der Waals surface area contributed by atoms with E-state index in [1.807, 2.05) is 0 Å². The van der Waals surface area contributed by atoms with E-state index in [-0.39, 0.29) is 0 Å². The smallest absolute Gasteiger partial charge is 0.00673 e. The Morgan fingerprint density at radius 3 is 2.50 bits per heavy atom. The number of nitrogens with two attached hydrogens (primary N) is 1. The molecule has 0 radical (unpaired) electrons. The van der Waals surface area contributed by atoms with E-state index in [1.54, 1.807) is 0 Å². The predicted octanol–water partition coefficient (Wildman–Crippen LogP) is 2.63. The summed E-state index contributed by atoms with van der Waals surface area (Å²) in [4.78, 5) is 2.71. The van der Waals surface area contributed by atoms with Crippen molar-refractivity contribution in [3.05, 3.63) is 0 Å². The maximum atomic E-state index is 6.04. The zero-order valence-electron chi connectivity index (χ0n) is 11.0. The molecule has 16 heavy (non-hydrogen) atoms. The SMILES string of the molecule is CC1CCC(C)N(CC2(CN)CCCC2)C1. The van der Waals surface area contributed by atoms with Crippen LogP contribution in [0.1, 0.15) is 52.4 Å². The summed E-state index contributed by atoms with van der Waals surface area (Å²) >= 11 is 0. The fourth-order valence-corrected chi connectivity index (χ4v) is 3.58. The van der Waals surface area contributed by atoms with E-state index < -0.39 is 0 Å². The minimum atomic E-state index is 0.464. The van der Waals surface area contributed by atoms with Crippen LogP contribution in [0.25, 0.3) is 0 Å². The van der Waals surface area contributed by atoms with Gasteiger partial charge in [0.15, 0.2) is 0 Å². The van der Waals surface area contributed by atoms with Crippen LogP contribution in [-0.4, -0.2) is 30.6 Å². The molecular formula is C14H28N2. The first kappa shape index (κ1) is 12.4. The summed E-state index contributed by atoms with van der Waals surface area (Å²) in [7, 11) is 0. The Bertz CT molecular complexity index is 221. The first-order valence-electron chi connectivity index (χ1n) is 7.09. The molecule has 2 heteroatoms. The Morgan fingerprint density at radius 1 is 1.19 bits per heavy atom. The lowest BCUT2D eigenvalue weighted by atomic mass is 9.83. The van der Waals surface area contributed by atoms with E-state index in [9.17, 15) is 0 Å². The summed E-state index contributed by atoms with van der Waals surface area (Å²) in [6.45, 7) is 8.23. The molecule has 1 aliphatic carbocycles. The molecule has 2 unspecified atom stereocenters. The molecule has 2 rings (SSSR count). The lowest BCUT2D eigenvalue weighted by Crippen LogP contribution is -2.48. The predicted molar refractivity (Wildman–Crippen MR) is 69.4 cm³/mol. The van der Waals surface area contributed by atoms with Crippen LogP contribution < -0.4 is 5.73 Å². The molecular weight excluding hydrogens is 196 g/mol. The molecule has 1 aliphatic heterocycles. The van der Waals surface area contributed by atoms with Crippen molar-refractivity contribution in [2.24, 2.45) is 17.1 Å². The normalized spacial score (nSPS) is 35.4. The van der Waals surface area contributed by atoms with Crippen LogP contribution in [-0.2, 0) is 0 Å². The van der Waals surface area contributed by atoms with Crippen molar-refractivity contribution in [3.8, 4) is 0 Å². The van der Waals surface area contributed by atoms with Gasteiger partial charge in [-0.1, -0.05) is 19.8 Å². The molecule has 0 aromatic rings. The number of hydrogen-bond acceptors (Lipinski definition) is 2. The van der Waals surface area contributed by atoms with Gasteiger partial charge in [-0.25, -0.2) is 0 Å². The Morgan fingerprint density at radius 2 is 1.88 bits per heavy atom. The van der Waals surface area contributed by atoms with Gasteiger partial charge >= 0.3 is 0 Å². The fraction of sp³-hybridized carbons (Fsp3) is 1.00. The second-order valence-corrected chi connectivity index (χ2v) is 6.37. The molecule has 2 nitrogen and oxygen atoms in total. The highest BCUT2D eigenvalue weighted by Gasteiger charge is 2.36. The molecule has 0 aromatic carbocycles. The van der Waals surface area contributed by atoms with E-state index in [0.29, 0.717) is 5.41 Å². The average Bonchev–Trinajstić information content (AvgIpc) is 2.73. The zero-order chi connectivity index (χ0) is 11.6. The number of nitrogens with zero attached hydrogens (tertiary/aromatic N) is 1. The van der Waals surface area contributed by atoms with E-state index in [1.165, 1.54) is 51.6 Å². The highest BCUT2D eigenvalue weighted by molar-refractivity contribution is 4.91. The second kappa shape index (κ2) is 5.05. The van der Waals surface area contributed by atoms with E-state index in [0.717, 1.165) is 18.5 Å². The van der Waals surface area contributed by atoms with Crippen LogP contribution in [0, 0.1) is 11.3 Å². The van der Waals surface area contributed by atoms with Gasteiger partial charge in [0.05, 0.1) is 0 Å². The van der Waals surface area contributed by atoms with Gasteiger partial charge < -0.3 is 5.73 Å². The molecule has 2 aliphatic rings. The maximum Gasteiger partial charge on any atom is 0.00673 e. The zero-order valence-corrected chi connectivity index (χ0v) is 11.0. The number of piperidine rings is 1. The Labute approximate surface area is 101 Å². The summed E-state index contributed by atoms with van der Waals surface area (Å²) in [5.74, 6) is 0.882. The van der Waals surface area contributed by atoms with Gasteiger partial charge in [0, 0.05) is 19.1 Å². The molecule has 2 atom stereocenters.